The first-order valence-corrected chi connectivity index (χ1v) is 5.55. The Labute approximate surface area is 109 Å². The van der Waals surface area contributed by atoms with E-state index < -0.39 is 10.7 Å². The molecule has 0 fully saturated rings. The number of nitrogens with zero attached hydrogens (tertiary/aromatic N) is 2. The van der Waals surface area contributed by atoms with E-state index in [1.807, 2.05) is 0 Å². The zero-order valence-corrected chi connectivity index (χ0v) is 9.89. The van der Waals surface area contributed by atoms with Crippen molar-refractivity contribution in [2.45, 2.75) is 0 Å². The van der Waals surface area contributed by atoms with Crippen molar-refractivity contribution in [3.63, 3.8) is 0 Å². The Bertz CT molecular complexity index is 636. The van der Waals surface area contributed by atoms with Crippen molar-refractivity contribution in [2.75, 3.05) is 0 Å². The largest absolute Gasteiger partial charge is 0.289 e. The van der Waals surface area contributed by atoms with Gasteiger partial charge in [0.25, 0.3) is 5.69 Å². The van der Waals surface area contributed by atoms with Crippen molar-refractivity contribution in [2.24, 2.45) is 0 Å². The molecule has 5 nitrogen and oxygen atoms in total. The molecule has 0 aliphatic carbocycles. The standard InChI is InChI=1S/C14H10N2O3/c17-14(9-8-11-5-3-4-10-15-11)12-6-1-2-7-13(12)16(18)19/h1-10H/b9-8+. The molecule has 1 aromatic heterocycles. The molecule has 0 N–H and O–H groups in total. The molecule has 19 heavy (non-hydrogen) atoms. The summed E-state index contributed by atoms with van der Waals surface area (Å²) >= 11 is 0. The van der Waals surface area contributed by atoms with Gasteiger partial charge in [0.2, 0.25) is 0 Å². The molecule has 2 aromatic rings. The highest BCUT2D eigenvalue weighted by Crippen LogP contribution is 2.18. The Balaban J connectivity index is 2.26. The van der Waals surface area contributed by atoms with Gasteiger partial charge in [0.1, 0.15) is 0 Å². The molecule has 0 aliphatic rings. The van der Waals surface area contributed by atoms with Gasteiger partial charge in [0.05, 0.1) is 16.2 Å². The van der Waals surface area contributed by atoms with E-state index in [1.54, 1.807) is 30.5 Å². The third-order valence-corrected chi connectivity index (χ3v) is 2.46. The second-order valence-electron chi connectivity index (χ2n) is 3.73. The summed E-state index contributed by atoms with van der Waals surface area (Å²) < 4.78 is 0. The first-order chi connectivity index (χ1) is 9.18. The lowest BCUT2D eigenvalue weighted by Gasteiger charge is -1.97. The summed E-state index contributed by atoms with van der Waals surface area (Å²) in [7, 11) is 0. The molecule has 0 saturated carbocycles. The average molecular weight is 254 g/mol. The summed E-state index contributed by atoms with van der Waals surface area (Å²) in [5, 5.41) is 10.8. The Hall–Kier alpha value is -2.82. The predicted octanol–water partition coefficient (Wildman–Crippen LogP) is 2.89. The fraction of sp³-hybridized carbons (Fsp3) is 0. The molecule has 0 aliphatic heterocycles. The molecule has 0 amide bonds. The van der Waals surface area contributed by atoms with E-state index >= 15 is 0 Å². The first-order valence-electron chi connectivity index (χ1n) is 5.55. The van der Waals surface area contributed by atoms with Crippen LogP contribution in [0, 0.1) is 10.1 Å². The molecule has 0 spiro atoms. The van der Waals surface area contributed by atoms with Crippen molar-refractivity contribution >= 4 is 17.5 Å². The number of hydrogen-bond donors (Lipinski definition) is 0. The topological polar surface area (TPSA) is 73.1 Å². The quantitative estimate of drug-likeness (QED) is 0.364. The van der Waals surface area contributed by atoms with E-state index in [0.29, 0.717) is 5.69 Å². The number of hydrogen-bond acceptors (Lipinski definition) is 4. The molecular weight excluding hydrogens is 244 g/mol. The Morgan fingerprint density at radius 3 is 2.58 bits per heavy atom. The van der Waals surface area contributed by atoms with Crippen LogP contribution in [-0.2, 0) is 0 Å². The van der Waals surface area contributed by atoms with E-state index in [-0.39, 0.29) is 11.3 Å². The van der Waals surface area contributed by atoms with Gasteiger partial charge in [-0.2, -0.15) is 0 Å². The number of para-hydroxylation sites is 1. The minimum absolute atomic E-state index is 0.0691. The van der Waals surface area contributed by atoms with Crippen LogP contribution in [0.3, 0.4) is 0 Å². The Morgan fingerprint density at radius 2 is 1.89 bits per heavy atom. The number of nitro groups is 1. The Morgan fingerprint density at radius 1 is 1.16 bits per heavy atom. The van der Waals surface area contributed by atoms with E-state index in [0.717, 1.165) is 0 Å². The lowest BCUT2D eigenvalue weighted by Crippen LogP contribution is -2.00. The number of nitro benzene ring substituents is 1. The van der Waals surface area contributed by atoms with E-state index in [4.69, 9.17) is 0 Å². The first kappa shape index (κ1) is 12.6. The third-order valence-electron chi connectivity index (χ3n) is 2.46. The second kappa shape index (κ2) is 5.68. The lowest BCUT2D eigenvalue weighted by atomic mass is 10.1. The summed E-state index contributed by atoms with van der Waals surface area (Å²) in [5.41, 5.74) is 0.493. The minimum Gasteiger partial charge on any atom is -0.289 e. The average Bonchev–Trinajstić information content (AvgIpc) is 2.46. The van der Waals surface area contributed by atoms with Gasteiger partial charge in [0.15, 0.2) is 5.78 Å². The maximum Gasteiger partial charge on any atom is 0.280 e. The number of rotatable bonds is 4. The van der Waals surface area contributed by atoms with Crippen LogP contribution in [0.4, 0.5) is 5.69 Å². The number of benzene rings is 1. The fourth-order valence-electron chi connectivity index (χ4n) is 1.57. The molecule has 0 unspecified atom stereocenters. The molecule has 5 heteroatoms. The van der Waals surface area contributed by atoms with Gasteiger partial charge in [-0.15, -0.1) is 0 Å². The van der Waals surface area contributed by atoms with Gasteiger partial charge in [-0.1, -0.05) is 18.2 Å². The summed E-state index contributed by atoms with van der Waals surface area (Å²) in [6, 6.07) is 11.2. The summed E-state index contributed by atoms with van der Waals surface area (Å²) in [4.78, 5) is 26.2. The number of allylic oxidation sites excluding steroid dienone is 1. The number of carbonyl (C=O) groups excluding carboxylic acids is 1. The summed E-state index contributed by atoms with van der Waals surface area (Å²) in [5.74, 6) is -0.419. The lowest BCUT2D eigenvalue weighted by molar-refractivity contribution is -0.385. The van der Waals surface area contributed by atoms with Gasteiger partial charge < -0.3 is 0 Å². The second-order valence-corrected chi connectivity index (χ2v) is 3.73. The molecule has 2 rings (SSSR count). The van der Waals surface area contributed by atoms with Gasteiger partial charge in [-0.25, -0.2) is 0 Å². The van der Waals surface area contributed by atoms with Crippen LogP contribution in [0.2, 0.25) is 0 Å². The van der Waals surface area contributed by atoms with E-state index in [9.17, 15) is 14.9 Å². The minimum atomic E-state index is -0.568. The third kappa shape index (κ3) is 3.10. The molecule has 0 bridgehead atoms. The molecule has 0 radical (unpaired) electrons. The number of ketones is 1. The van der Waals surface area contributed by atoms with Crippen molar-refractivity contribution in [1.29, 1.82) is 0 Å². The Kier molecular flexibility index (Phi) is 3.78. The SMILES string of the molecule is O=C(/C=C/c1ccccn1)c1ccccc1[N+](=O)[O-]. The van der Waals surface area contributed by atoms with Crippen LogP contribution in [-0.4, -0.2) is 15.7 Å². The maximum absolute atomic E-state index is 11.9. The maximum atomic E-state index is 11.9. The molecular formula is C14H10N2O3. The molecule has 0 saturated heterocycles. The van der Waals surface area contributed by atoms with Crippen LogP contribution in [0.1, 0.15) is 16.1 Å². The highest BCUT2D eigenvalue weighted by atomic mass is 16.6. The highest BCUT2D eigenvalue weighted by Gasteiger charge is 2.16. The van der Waals surface area contributed by atoms with Crippen LogP contribution >= 0.6 is 0 Å². The highest BCUT2D eigenvalue weighted by molar-refractivity contribution is 6.09. The van der Waals surface area contributed by atoms with E-state index in [2.05, 4.69) is 4.98 Å². The van der Waals surface area contributed by atoms with Crippen molar-refractivity contribution in [1.82, 2.24) is 4.98 Å². The van der Waals surface area contributed by atoms with Crippen LogP contribution < -0.4 is 0 Å². The smallest absolute Gasteiger partial charge is 0.280 e. The van der Waals surface area contributed by atoms with Crippen molar-refractivity contribution in [3.8, 4) is 0 Å². The van der Waals surface area contributed by atoms with Gasteiger partial charge >= 0.3 is 0 Å². The molecule has 1 heterocycles. The normalized spacial score (nSPS) is 10.5. The van der Waals surface area contributed by atoms with Gasteiger partial charge in [0, 0.05) is 12.3 Å². The molecule has 1 aromatic carbocycles. The summed E-state index contributed by atoms with van der Waals surface area (Å²) in [6.45, 7) is 0. The zero-order chi connectivity index (χ0) is 13.7. The predicted molar refractivity (Wildman–Crippen MR) is 70.7 cm³/mol. The number of carbonyl (C=O) groups is 1. The van der Waals surface area contributed by atoms with Crippen LogP contribution in [0.15, 0.2) is 54.7 Å². The van der Waals surface area contributed by atoms with E-state index in [1.165, 1.54) is 30.4 Å². The molecule has 0 atom stereocenters. The van der Waals surface area contributed by atoms with Gasteiger partial charge in [-0.05, 0) is 30.4 Å². The summed E-state index contributed by atoms with van der Waals surface area (Å²) in [6.07, 6.45) is 4.42. The van der Waals surface area contributed by atoms with Crippen LogP contribution in [0.25, 0.3) is 6.08 Å². The fourth-order valence-corrected chi connectivity index (χ4v) is 1.57. The monoisotopic (exact) mass is 254 g/mol. The zero-order valence-electron chi connectivity index (χ0n) is 9.89. The van der Waals surface area contributed by atoms with Crippen molar-refractivity contribution in [3.05, 3.63) is 76.1 Å². The van der Waals surface area contributed by atoms with Gasteiger partial charge in [-0.3, -0.25) is 19.9 Å². The van der Waals surface area contributed by atoms with Crippen molar-refractivity contribution < 1.29 is 9.72 Å². The number of pyridine rings is 1. The van der Waals surface area contributed by atoms with Crippen LogP contribution in [0.5, 0.6) is 0 Å². The molecule has 94 valence electrons. The number of aromatic nitrogens is 1.